The molecule has 1 fully saturated rings. The summed E-state index contributed by atoms with van der Waals surface area (Å²) in [4.78, 5) is 12.9. The Morgan fingerprint density at radius 1 is 1.08 bits per heavy atom. The fourth-order valence-electron chi connectivity index (χ4n) is 4.56. The highest BCUT2D eigenvalue weighted by atomic mass is 32.2. The van der Waals surface area contributed by atoms with Crippen LogP contribution in [0.5, 0.6) is 0 Å². The number of sulfonamides is 1. The van der Waals surface area contributed by atoms with Gasteiger partial charge in [-0.2, -0.15) is 0 Å². The molecule has 12 heteroatoms. The Balaban J connectivity index is 1.77. The van der Waals surface area contributed by atoms with Crippen molar-refractivity contribution in [3.05, 3.63) is 77.4 Å². The van der Waals surface area contributed by atoms with E-state index in [0.717, 1.165) is 35.5 Å². The third-order valence-corrected chi connectivity index (χ3v) is 7.53. The highest BCUT2D eigenvalue weighted by Crippen LogP contribution is 2.49. The summed E-state index contributed by atoms with van der Waals surface area (Å²) in [6.45, 7) is 0. The van der Waals surface area contributed by atoms with Crippen LogP contribution in [0.3, 0.4) is 0 Å². The molecule has 0 unspecified atom stereocenters. The Morgan fingerprint density at radius 3 is 2.32 bits per heavy atom. The number of hydrogen-bond acceptors (Lipinski definition) is 6. The van der Waals surface area contributed by atoms with Crippen molar-refractivity contribution in [2.24, 2.45) is 0 Å². The van der Waals surface area contributed by atoms with Crippen LogP contribution >= 0.6 is 0 Å². The molecule has 0 aliphatic heterocycles. The van der Waals surface area contributed by atoms with Crippen molar-refractivity contribution in [1.82, 2.24) is 5.32 Å². The Morgan fingerprint density at radius 2 is 1.76 bits per heavy atom. The summed E-state index contributed by atoms with van der Waals surface area (Å²) in [7, 11) is -4.61. The summed E-state index contributed by atoms with van der Waals surface area (Å²) in [5.41, 5.74) is 1.29. The predicted molar refractivity (Wildman–Crippen MR) is 140 cm³/mol. The van der Waals surface area contributed by atoms with Crippen molar-refractivity contribution in [2.45, 2.75) is 18.8 Å². The second kappa shape index (κ2) is 9.53. The summed E-state index contributed by atoms with van der Waals surface area (Å²) in [6, 6.07) is 11.9. The summed E-state index contributed by atoms with van der Waals surface area (Å²) in [6.07, 6.45) is 2.55. The fraction of sp³-hybridized carbons (Fsp3) is 0.192. The number of hydrogen-bond donors (Lipinski definition) is 3. The lowest BCUT2D eigenvalue weighted by atomic mass is 9.80. The highest BCUT2D eigenvalue weighted by Gasteiger charge is 2.34. The van der Waals surface area contributed by atoms with Crippen LogP contribution in [0.2, 0.25) is 0 Å². The first-order chi connectivity index (χ1) is 18.0. The molecule has 38 heavy (non-hydrogen) atoms. The van der Waals surface area contributed by atoms with Gasteiger partial charge in [0.05, 0.1) is 23.2 Å². The minimum Gasteiger partial charge on any atom is -0.455 e. The number of carbonyl (C=O) groups excluding carboxylic acids is 1. The zero-order valence-corrected chi connectivity index (χ0v) is 21.2. The number of benzene rings is 3. The Hall–Kier alpha value is -3.74. The van der Waals surface area contributed by atoms with E-state index in [2.05, 4.69) is 5.32 Å². The molecule has 1 heterocycles. The second-order valence-corrected chi connectivity index (χ2v) is 11.0. The smallest absolute Gasteiger partial charge is 0.455 e. The number of rotatable bonds is 7. The summed E-state index contributed by atoms with van der Waals surface area (Å²) in [5.74, 6) is -1.68. The van der Waals surface area contributed by atoms with Gasteiger partial charge in [-0.05, 0) is 66.8 Å². The predicted octanol–water partition coefficient (Wildman–Crippen LogP) is 3.39. The number of fused-ring (bicyclic) bond motifs is 1. The molecule has 0 bridgehead atoms. The molecule has 1 aliphatic carbocycles. The molecular weight excluding hydrogens is 517 g/mol. The van der Waals surface area contributed by atoms with Crippen molar-refractivity contribution in [3.8, 4) is 11.3 Å². The van der Waals surface area contributed by atoms with Gasteiger partial charge in [0.2, 0.25) is 10.0 Å². The van der Waals surface area contributed by atoms with Crippen LogP contribution in [0.1, 0.15) is 34.7 Å². The molecule has 0 radical (unpaired) electrons. The molecular formula is C26H23BF2N2O6S. The molecule has 4 aromatic rings. The molecule has 196 valence electrons. The SMILES string of the molecule is CNC(=O)c1c(-c2ccc(F)cc2)oc2cc(N(c3ccc(B(O)O)c(F)c3)S(C)(=O)=O)c(C3CC3)cc12. The molecule has 0 spiro atoms. The third kappa shape index (κ3) is 4.66. The number of carbonyl (C=O) groups is 1. The number of nitrogens with one attached hydrogen (secondary N) is 1. The van der Waals surface area contributed by atoms with Gasteiger partial charge in [-0.1, -0.05) is 6.07 Å². The maximum absolute atomic E-state index is 14.7. The van der Waals surface area contributed by atoms with Crippen LogP contribution in [-0.2, 0) is 10.0 Å². The van der Waals surface area contributed by atoms with E-state index in [1.165, 1.54) is 43.4 Å². The first-order valence-electron chi connectivity index (χ1n) is 11.7. The number of nitrogens with zero attached hydrogens (tertiary/aromatic N) is 1. The van der Waals surface area contributed by atoms with Gasteiger partial charge in [-0.25, -0.2) is 21.5 Å². The largest absolute Gasteiger partial charge is 0.491 e. The minimum atomic E-state index is -4.02. The third-order valence-electron chi connectivity index (χ3n) is 6.46. The molecule has 1 amide bonds. The van der Waals surface area contributed by atoms with E-state index in [9.17, 15) is 32.0 Å². The Bertz CT molecular complexity index is 1670. The highest BCUT2D eigenvalue weighted by molar-refractivity contribution is 7.92. The normalized spacial score (nSPS) is 13.5. The lowest BCUT2D eigenvalue weighted by Crippen LogP contribution is -2.33. The summed E-state index contributed by atoms with van der Waals surface area (Å²) >= 11 is 0. The first-order valence-corrected chi connectivity index (χ1v) is 13.6. The van der Waals surface area contributed by atoms with E-state index < -0.39 is 40.1 Å². The number of anilines is 2. The Kier molecular flexibility index (Phi) is 6.50. The zero-order chi connectivity index (χ0) is 27.4. The molecule has 8 nitrogen and oxygen atoms in total. The van der Waals surface area contributed by atoms with Gasteiger partial charge < -0.3 is 19.8 Å². The molecule has 0 atom stereocenters. The molecule has 1 aliphatic rings. The Labute approximate surface area is 217 Å². The van der Waals surface area contributed by atoms with Gasteiger partial charge in [0, 0.05) is 29.5 Å². The maximum atomic E-state index is 14.7. The summed E-state index contributed by atoms with van der Waals surface area (Å²) < 4.78 is 61.4. The van der Waals surface area contributed by atoms with Gasteiger partial charge in [0.15, 0.2) is 0 Å². The first kappa shape index (κ1) is 25.9. The van der Waals surface area contributed by atoms with Gasteiger partial charge in [0.1, 0.15) is 23.0 Å². The van der Waals surface area contributed by atoms with Gasteiger partial charge in [0.25, 0.3) is 5.91 Å². The van der Waals surface area contributed by atoms with Crippen molar-refractivity contribution >= 4 is 50.9 Å². The molecule has 0 saturated heterocycles. The van der Waals surface area contributed by atoms with Crippen LogP contribution in [0, 0.1) is 11.6 Å². The molecule has 3 N–H and O–H groups in total. The van der Waals surface area contributed by atoms with Crippen LogP contribution < -0.4 is 15.1 Å². The molecule has 1 aromatic heterocycles. The monoisotopic (exact) mass is 540 g/mol. The molecule has 1 saturated carbocycles. The average molecular weight is 540 g/mol. The minimum absolute atomic E-state index is 0.00347. The zero-order valence-electron chi connectivity index (χ0n) is 20.4. The molecule has 5 rings (SSSR count). The number of amides is 1. The second-order valence-electron chi connectivity index (χ2n) is 9.18. The van der Waals surface area contributed by atoms with Gasteiger partial charge >= 0.3 is 7.12 Å². The lowest BCUT2D eigenvalue weighted by molar-refractivity contribution is 0.0964. The van der Waals surface area contributed by atoms with Gasteiger partial charge in [-0.3, -0.25) is 4.79 Å². The lowest BCUT2D eigenvalue weighted by Gasteiger charge is -2.25. The standard InChI is InChI=1S/C26H23BF2N2O6S/c1-30-26(32)24-19-12-18(14-3-4-14)22(13-23(19)37-25(24)15-5-7-16(28)8-6-15)31(38(2,35)36)17-9-10-20(27(33)34)21(29)11-17/h5-14,33-34H,3-4H2,1-2H3,(H,30,32). The van der Waals surface area contributed by atoms with Crippen molar-refractivity contribution in [2.75, 3.05) is 17.6 Å². The molecule has 3 aromatic carbocycles. The van der Waals surface area contributed by atoms with E-state index in [-0.39, 0.29) is 34.2 Å². The van der Waals surface area contributed by atoms with Crippen molar-refractivity contribution < 1.29 is 36.5 Å². The summed E-state index contributed by atoms with van der Waals surface area (Å²) in [5, 5.41) is 21.8. The van der Waals surface area contributed by atoms with Crippen LogP contribution in [0.4, 0.5) is 20.2 Å². The van der Waals surface area contributed by atoms with E-state index >= 15 is 0 Å². The van der Waals surface area contributed by atoms with E-state index in [4.69, 9.17) is 4.42 Å². The van der Waals surface area contributed by atoms with Gasteiger partial charge in [-0.15, -0.1) is 0 Å². The van der Waals surface area contributed by atoms with E-state index in [1.54, 1.807) is 6.07 Å². The topological polar surface area (TPSA) is 120 Å². The number of halogens is 2. The van der Waals surface area contributed by atoms with Crippen molar-refractivity contribution in [3.63, 3.8) is 0 Å². The van der Waals surface area contributed by atoms with Crippen molar-refractivity contribution in [1.29, 1.82) is 0 Å². The fourth-order valence-corrected chi connectivity index (χ4v) is 5.57. The van der Waals surface area contributed by atoms with Crippen LogP contribution in [-0.4, -0.2) is 44.8 Å². The van der Waals surface area contributed by atoms with Crippen LogP contribution in [0.15, 0.2) is 59.0 Å². The maximum Gasteiger partial charge on any atom is 0.491 e. The van der Waals surface area contributed by atoms with E-state index in [0.29, 0.717) is 16.5 Å². The number of furan rings is 1. The average Bonchev–Trinajstić information content (AvgIpc) is 3.63. The van der Waals surface area contributed by atoms with E-state index in [1.807, 2.05) is 0 Å². The quantitative estimate of drug-likeness (QED) is 0.309. The van der Waals surface area contributed by atoms with Crippen LogP contribution in [0.25, 0.3) is 22.3 Å².